The lowest BCUT2D eigenvalue weighted by molar-refractivity contribution is -0.130. The van der Waals surface area contributed by atoms with Gasteiger partial charge in [0.1, 0.15) is 0 Å². The van der Waals surface area contributed by atoms with Crippen molar-refractivity contribution >= 4 is 11.9 Å². The van der Waals surface area contributed by atoms with Crippen LogP contribution in [0.2, 0.25) is 0 Å². The maximum absolute atomic E-state index is 11.3. The van der Waals surface area contributed by atoms with Crippen LogP contribution in [0.4, 0.5) is 0 Å². The van der Waals surface area contributed by atoms with E-state index >= 15 is 0 Å². The van der Waals surface area contributed by atoms with E-state index in [-0.39, 0.29) is 5.91 Å². The fourth-order valence-electron chi connectivity index (χ4n) is 2.04. The molecule has 1 aliphatic heterocycles. The zero-order chi connectivity index (χ0) is 13.5. The first-order valence-electron chi connectivity index (χ1n) is 6.42. The maximum Gasteiger partial charge on any atom is 0.219 e. The Hall–Kier alpha value is -1.52. The minimum atomic E-state index is 0.156. The number of nitrogens with zero attached hydrogens (tertiary/aromatic N) is 2. The van der Waals surface area contributed by atoms with E-state index < -0.39 is 0 Å². The summed E-state index contributed by atoms with van der Waals surface area (Å²) < 4.78 is 0. The van der Waals surface area contributed by atoms with E-state index in [0.717, 1.165) is 38.0 Å². The van der Waals surface area contributed by atoms with Gasteiger partial charge in [0.2, 0.25) is 5.91 Å². The molecule has 0 bridgehead atoms. The lowest BCUT2D eigenvalue weighted by Crippen LogP contribution is -2.44. The highest BCUT2D eigenvalue weighted by Gasteiger charge is 2.21. The molecule has 3 N–H and O–H groups in total. The van der Waals surface area contributed by atoms with Gasteiger partial charge in [-0.1, -0.05) is 12.2 Å². The Kier molecular flexibility index (Phi) is 5.68. The smallest absolute Gasteiger partial charge is 0.219 e. The first-order chi connectivity index (χ1) is 8.49. The summed E-state index contributed by atoms with van der Waals surface area (Å²) in [6.45, 7) is 10.3. The molecule has 1 unspecified atom stereocenters. The van der Waals surface area contributed by atoms with Crippen LogP contribution in [0.3, 0.4) is 0 Å². The lowest BCUT2D eigenvalue weighted by atomic mass is 9.98. The summed E-state index contributed by atoms with van der Waals surface area (Å²) in [6.07, 6.45) is 2.19. The predicted octanol–water partition coefficient (Wildman–Crippen LogP) is 0.725. The second kappa shape index (κ2) is 7.03. The highest BCUT2D eigenvalue weighted by molar-refractivity contribution is 5.78. The van der Waals surface area contributed by atoms with Crippen LogP contribution in [-0.2, 0) is 4.79 Å². The number of carbonyl (C=O) groups is 1. The van der Waals surface area contributed by atoms with Crippen molar-refractivity contribution in [3.63, 3.8) is 0 Å². The molecule has 1 heterocycles. The fraction of sp³-hybridized carbons (Fsp3) is 0.692. The Morgan fingerprint density at radius 3 is 2.89 bits per heavy atom. The summed E-state index contributed by atoms with van der Waals surface area (Å²) in [7, 11) is 0. The van der Waals surface area contributed by atoms with Crippen molar-refractivity contribution in [2.24, 2.45) is 16.6 Å². The van der Waals surface area contributed by atoms with Crippen molar-refractivity contribution in [2.45, 2.75) is 26.7 Å². The zero-order valence-electron chi connectivity index (χ0n) is 11.4. The molecule has 1 amide bonds. The number of aliphatic imine (C=N–C) groups is 1. The van der Waals surface area contributed by atoms with Crippen LogP contribution in [0.1, 0.15) is 26.7 Å². The molecule has 0 saturated carbocycles. The minimum Gasteiger partial charge on any atom is -0.370 e. The summed E-state index contributed by atoms with van der Waals surface area (Å²) in [6, 6.07) is 0. The first kappa shape index (κ1) is 14.5. The molecule has 5 nitrogen and oxygen atoms in total. The largest absolute Gasteiger partial charge is 0.370 e. The number of rotatable bonds is 4. The number of likely N-dealkylation sites (tertiary alicyclic amines) is 1. The number of hydrogen-bond acceptors (Lipinski definition) is 2. The molecule has 1 fully saturated rings. The molecule has 0 aromatic heterocycles. The molecule has 1 atom stereocenters. The summed E-state index contributed by atoms with van der Waals surface area (Å²) in [5.41, 5.74) is 6.74. The number of hydrogen-bond donors (Lipinski definition) is 2. The van der Waals surface area contributed by atoms with Gasteiger partial charge < -0.3 is 16.0 Å². The number of nitrogens with one attached hydrogen (secondary N) is 1. The molecule has 18 heavy (non-hydrogen) atoms. The van der Waals surface area contributed by atoms with Crippen LogP contribution in [0.15, 0.2) is 17.1 Å². The second-order valence-corrected chi connectivity index (χ2v) is 5.01. The van der Waals surface area contributed by atoms with Crippen LogP contribution < -0.4 is 11.1 Å². The molecule has 1 saturated heterocycles. The van der Waals surface area contributed by atoms with E-state index in [1.165, 1.54) is 0 Å². The monoisotopic (exact) mass is 252 g/mol. The van der Waals surface area contributed by atoms with Crippen molar-refractivity contribution in [3.8, 4) is 0 Å². The zero-order valence-corrected chi connectivity index (χ0v) is 11.4. The molecular formula is C13H24N4O. The van der Waals surface area contributed by atoms with Crippen LogP contribution in [0.25, 0.3) is 0 Å². The van der Waals surface area contributed by atoms with Crippen molar-refractivity contribution in [1.82, 2.24) is 10.2 Å². The lowest BCUT2D eigenvalue weighted by Gasteiger charge is -2.32. The molecule has 0 spiro atoms. The third kappa shape index (κ3) is 5.21. The van der Waals surface area contributed by atoms with E-state index in [1.807, 2.05) is 11.8 Å². The summed E-state index contributed by atoms with van der Waals surface area (Å²) in [5, 5.41) is 3.12. The number of amides is 1. The first-order valence-corrected chi connectivity index (χ1v) is 6.42. The van der Waals surface area contributed by atoms with E-state index in [2.05, 4.69) is 16.9 Å². The van der Waals surface area contributed by atoms with Crippen molar-refractivity contribution < 1.29 is 4.79 Å². The Balaban J connectivity index is 2.32. The van der Waals surface area contributed by atoms with Crippen LogP contribution >= 0.6 is 0 Å². The molecule has 1 rings (SSSR count). The SMILES string of the molecule is C=C(C)CN=C(N)NCC1CCCN(C(C)=O)C1. The van der Waals surface area contributed by atoms with Crippen molar-refractivity contribution in [1.29, 1.82) is 0 Å². The quantitative estimate of drug-likeness (QED) is 0.440. The molecule has 0 aromatic carbocycles. The third-order valence-corrected chi connectivity index (χ3v) is 3.06. The molecule has 0 aliphatic carbocycles. The average Bonchev–Trinajstić information content (AvgIpc) is 2.34. The maximum atomic E-state index is 11.3. The van der Waals surface area contributed by atoms with E-state index in [0.29, 0.717) is 18.4 Å². The molecule has 0 aromatic rings. The molecule has 5 heteroatoms. The van der Waals surface area contributed by atoms with Gasteiger partial charge in [0.25, 0.3) is 0 Å². The summed E-state index contributed by atoms with van der Waals surface area (Å²) in [4.78, 5) is 17.4. The summed E-state index contributed by atoms with van der Waals surface area (Å²) >= 11 is 0. The normalized spacial score (nSPS) is 20.7. The van der Waals surface area contributed by atoms with E-state index in [9.17, 15) is 4.79 Å². The summed E-state index contributed by atoms with van der Waals surface area (Å²) in [5.74, 6) is 1.07. The second-order valence-electron chi connectivity index (χ2n) is 5.01. The standard InChI is InChI=1S/C13H24N4O/c1-10(2)7-15-13(14)16-8-12-5-4-6-17(9-12)11(3)18/h12H,1,4-9H2,2-3H3,(H3,14,15,16). The Morgan fingerprint density at radius 2 is 2.28 bits per heavy atom. The van der Waals surface area contributed by atoms with Crippen LogP contribution in [0, 0.1) is 5.92 Å². The average molecular weight is 252 g/mol. The van der Waals surface area contributed by atoms with Gasteiger partial charge in [-0.15, -0.1) is 0 Å². The van der Waals surface area contributed by atoms with Gasteiger partial charge in [0.05, 0.1) is 6.54 Å². The molecule has 0 radical (unpaired) electrons. The van der Waals surface area contributed by atoms with E-state index in [4.69, 9.17) is 5.73 Å². The van der Waals surface area contributed by atoms with Gasteiger partial charge in [-0.3, -0.25) is 4.79 Å². The van der Waals surface area contributed by atoms with Gasteiger partial charge in [-0.05, 0) is 25.7 Å². The number of guanidine groups is 1. The number of piperidine rings is 1. The van der Waals surface area contributed by atoms with Gasteiger partial charge in [0.15, 0.2) is 5.96 Å². The van der Waals surface area contributed by atoms with Gasteiger partial charge in [-0.25, -0.2) is 4.99 Å². The molecule has 102 valence electrons. The van der Waals surface area contributed by atoms with Gasteiger partial charge >= 0.3 is 0 Å². The van der Waals surface area contributed by atoms with Crippen molar-refractivity contribution in [2.75, 3.05) is 26.2 Å². The van der Waals surface area contributed by atoms with Gasteiger partial charge in [-0.2, -0.15) is 0 Å². The number of nitrogens with two attached hydrogens (primary N) is 1. The highest BCUT2D eigenvalue weighted by atomic mass is 16.2. The fourth-order valence-corrected chi connectivity index (χ4v) is 2.04. The van der Waals surface area contributed by atoms with E-state index in [1.54, 1.807) is 6.92 Å². The third-order valence-electron chi connectivity index (χ3n) is 3.06. The van der Waals surface area contributed by atoms with Gasteiger partial charge in [0, 0.05) is 26.6 Å². The minimum absolute atomic E-state index is 0.156. The Labute approximate surface area is 109 Å². The highest BCUT2D eigenvalue weighted by Crippen LogP contribution is 2.15. The van der Waals surface area contributed by atoms with Crippen molar-refractivity contribution in [3.05, 3.63) is 12.2 Å². The predicted molar refractivity (Wildman–Crippen MR) is 74.3 cm³/mol. The molecular weight excluding hydrogens is 228 g/mol. The Morgan fingerprint density at radius 1 is 1.56 bits per heavy atom. The Bertz CT molecular complexity index is 338. The van der Waals surface area contributed by atoms with Crippen LogP contribution in [-0.4, -0.2) is 42.9 Å². The van der Waals surface area contributed by atoms with Crippen LogP contribution in [0.5, 0.6) is 0 Å². The number of carbonyl (C=O) groups excluding carboxylic acids is 1. The molecule has 1 aliphatic rings. The topological polar surface area (TPSA) is 70.7 Å².